The number of aromatic nitrogens is 1. The molecule has 2 nitrogen and oxygen atoms in total. The van der Waals surface area contributed by atoms with Gasteiger partial charge in [0.05, 0.1) is 11.1 Å². The maximum atomic E-state index is 8.79. The van der Waals surface area contributed by atoms with Gasteiger partial charge in [-0.25, -0.2) is 4.98 Å². The quantitative estimate of drug-likeness (QED) is 0.596. The van der Waals surface area contributed by atoms with E-state index in [1.807, 2.05) is 18.2 Å². The van der Waals surface area contributed by atoms with Crippen LogP contribution in [0.5, 0.6) is 0 Å². The minimum Gasteiger partial charge on any atom is -0.235 e. The molecule has 0 N–H and O–H groups in total. The molecule has 3 heteroatoms. The molecular weight excluding hydrogens is 184 g/mol. The van der Waals surface area contributed by atoms with Crippen LogP contribution in [0.15, 0.2) is 30.3 Å². The number of para-hydroxylation sites is 1. The van der Waals surface area contributed by atoms with Crippen molar-refractivity contribution in [2.75, 3.05) is 0 Å². The molecule has 0 aliphatic carbocycles. The summed E-state index contributed by atoms with van der Waals surface area (Å²) in [5, 5.41) is 10.1. The van der Waals surface area contributed by atoms with Gasteiger partial charge in [-0.2, -0.15) is 5.26 Å². The smallest absolute Gasteiger partial charge is 0.129 e. The summed E-state index contributed by atoms with van der Waals surface area (Å²) in [5.41, 5.74) is 1.22. The van der Waals surface area contributed by atoms with Crippen molar-refractivity contribution in [2.24, 2.45) is 0 Å². The van der Waals surface area contributed by atoms with E-state index < -0.39 is 0 Å². The van der Waals surface area contributed by atoms with Gasteiger partial charge in [0.15, 0.2) is 0 Å². The second-order valence-corrected chi connectivity index (χ2v) is 3.01. The van der Waals surface area contributed by atoms with Gasteiger partial charge in [0.2, 0.25) is 0 Å². The predicted molar refractivity (Wildman–Crippen MR) is 51.5 cm³/mol. The van der Waals surface area contributed by atoms with Gasteiger partial charge in [0.1, 0.15) is 11.2 Å². The van der Waals surface area contributed by atoms with Crippen molar-refractivity contribution in [3.8, 4) is 6.07 Å². The van der Waals surface area contributed by atoms with Crippen LogP contribution in [0, 0.1) is 11.3 Å². The number of rotatable bonds is 0. The van der Waals surface area contributed by atoms with Gasteiger partial charge in [-0.3, -0.25) is 0 Å². The van der Waals surface area contributed by atoms with Crippen molar-refractivity contribution in [2.45, 2.75) is 0 Å². The van der Waals surface area contributed by atoms with Crippen LogP contribution >= 0.6 is 11.6 Å². The summed E-state index contributed by atoms with van der Waals surface area (Å²) in [6.07, 6.45) is 0. The average Bonchev–Trinajstić information content (AvgIpc) is 2.17. The molecule has 1 heterocycles. The lowest BCUT2D eigenvalue weighted by Gasteiger charge is -1.98. The van der Waals surface area contributed by atoms with E-state index in [1.165, 1.54) is 0 Å². The second-order valence-electron chi connectivity index (χ2n) is 2.62. The topological polar surface area (TPSA) is 36.7 Å². The molecule has 0 amide bonds. The molecule has 62 valence electrons. The normalized spacial score (nSPS) is 9.85. The summed E-state index contributed by atoms with van der Waals surface area (Å²) in [4.78, 5) is 4.09. The first-order valence-corrected chi connectivity index (χ1v) is 4.14. The molecule has 0 unspecified atom stereocenters. The van der Waals surface area contributed by atoms with Crippen molar-refractivity contribution in [1.29, 1.82) is 5.26 Å². The second kappa shape index (κ2) is 3.04. The monoisotopic (exact) mass is 188 g/mol. The third-order valence-corrected chi connectivity index (χ3v) is 2.02. The number of nitrogens with zero attached hydrogens (tertiary/aromatic N) is 2. The van der Waals surface area contributed by atoms with Gasteiger partial charge in [0.25, 0.3) is 0 Å². The molecule has 0 saturated heterocycles. The molecule has 0 radical (unpaired) electrons. The molecule has 1 aromatic carbocycles. The van der Waals surface area contributed by atoms with Gasteiger partial charge >= 0.3 is 0 Å². The fraction of sp³-hybridized carbons (Fsp3) is 0. The van der Waals surface area contributed by atoms with Crippen molar-refractivity contribution < 1.29 is 0 Å². The third kappa shape index (κ3) is 1.34. The minimum atomic E-state index is 0.412. The lowest BCUT2D eigenvalue weighted by atomic mass is 10.1. The fourth-order valence-corrected chi connectivity index (χ4v) is 1.36. The number of benzene rings is 1. The molecular formula is C10H5ClN2. The number of halogens is 1. The van der Waals surface area contributed by atoms with Crippen molar-refractivity contribution in [1.82, 2.24) is 4.98 Å². The summed E-state index contributed by atoms with van der Waals surface area (Å²) in [6, 6.07) is 11.1. The summed E-state index contributed by atoms with van der Waals surface area (Å²) >= 11 is 5.73. The fourth-order valence-electron chi connectivity index (χ4n) is 1.21. The average molecular weight is 189 g/mol. The van der Waals surface area contributed by atoms with Gasteiger partial charge < -0.3 is 0 Å². The van der Waals surface area contributed by atoms with Crippen LogP contribution < -0.4 is 0 Å². The van der Waals surface area contributed by atoms with Gasteiger partial charge in [-0.1, -0.05) is 23.7 Å². The zero-order valence-corrected chi connectivity index (χ0v) is 7.42. The molecule has 0 saturated carbocycles. The van der Waals surface area contributed by atoms with Gasteiger partial charge in [-0.15, -0.1) is 0 Å². The van der Waals surface area contributed by atoms with E-state index in [-0.39, 0.29) is 0 Å². The zero-order valence-electron chi connectivity index (χ0n) is 6.66. The first-order valence-electron chi connectivity index (χ1n) is 3.76. The largest absolute Gasteiger partial charge is 0.235 e. The van der Waals surface area contributed by atoms with E-state index >= 15 is 0 Å². The predicted octanol–water partition coefficient (Wildman–Crippen LogP) is 2.76. The standard InChI is InChI=1S/C10H5ClN2/c11-9-5-4-7-2-1-3-8(6-12)10(7)13-9/h1-5H. The van der Waals surface area contributed by atoms with E-state index in [0.29, 0.717) is 16.2 Å². The number of pyridine rings is 1. The molecule has 0 atom stereocenters. The van der Waals surface area contributed by atoms with Crippen LogP contribution in [0.2, 0.25) is 5.15 Å². The van der Waals surface area contributed by atoms with Crippen LogP contribution in [-0.4, -0.2) is 4.98 Å². The molecule has 0 aliphatic heterocycles. The molecule has 0 spiro atoms. The SMILES string of the molecule is N#Cc1cccc2ccc(Cl)nc12. The molecule has 0 fully saturated rings. The maximum absolute atomic E-state index is 8.79. The molecule has 0 aliphatic rings. The van der Waals surface area contributed by atoms with Crippen LogP contribution in [0.25, 0.3) is 10.9 Å². The first kappa shape index (κ1) is 8.03. The van der Waals surface area contributed by atoms with E-state index in [1.54, 1.807) is 12.1 Å². The van der Waals surface area contributed by atoms with Crippen LogP contribution in [0.4, 0.5) is 0 Å². The van der Waals surface area contributed by atoms with Crippen molar-refractivity contribution in [3.63, 3.8) is 0 Å². The Kier molecular flexibility index (Phi) is 1.88. The summed E-state index contributed by atoms with van der Waals surface area (Å²) < 4.78 is 0. The lowest BCUT2D eigenvalue weighted by molar-refractivity contribution is 1.39. The van der Waals surface area contributed by atoms with E-state index in [2.05, 4.69) is 11.1 Å². The van der Waals surface area contributed by atoms with Gasteiger partial charge in [-0.05, 0) is 18.2 Å². The van der Waals surface area contributed by atoms with Crippen LogP contribution in [-0.2, 0) is 0 Å². The molecule has 2 rings (SSSR count). The molecule has 2 aromatic rings. The summed E-state index contributed by atoms with van der Waals surface area (Å²) in [5.74, 6) is 0. The number of hydrogen-bond acceptors (Lipinski definition) is 2. The zero-order chi connectivity index (χ0) is 9.26. The minimum absolute atomic E-state index is 0.412. The highest BCUT2D eigenvalue weighted by Crippen LogP contribution is 2.18. The van der Waals surface area contributed by atoms with Crippen molar-refractivity contribution >= 4 is 22.5 Å². The van der Waals surface area contributed by atoms with Crippen molar-refractivity contribution in [3.05, 3.63) is 41.0 Å². The molecule has 13 heavy (non-hydrogen) atoms. The van der Waals surface area contributed by atoms with Crippen LogP contribution in [0.1, 0.15) is 5.56 Å². The Bertz CT molecular complexity index is 500. The van der Waals surface area contributed by atoms with E-state index in [9.17, 15) is 0 Å². The first-order chi connectivity index (χ1) is 6.31. The Morgan fingerprint density at radius 2 is 2.08 bits per heavy atom. The number of nitriles is 1. The van der Waals surface area contributed by atoms with E-state index in [0.717, 1.165) is 5.39 Å². The Hall–Kier alpha value is -1.59. The highest BCUT2D eigenvalue weighted by Gasteiger charge is 2.01. The van der Waals surface area contributed by atoms with Gasteiger partial charge in [0, 0.05) is 5.39 Å². The molecule has 0 bridgehead atoms. The van der Waals surface area contributed by atoms with Crippen LogP contribution in [0.3, 0.4) is 0 Å². The Morgan fingerprint density at radius 1 is 1.23 bits per heavy atom. The Labute approximate surface area is 80.4 Å². The highest BCUT2D eigenvalue weighted by atomic mass is 35.5. The molecule has 1 aromatic heterocycles. The Balaban J connectivity index is 2.89. The highest BCUT2D eigenvalue weighted by molar-refractivity contribution is 6.29. The maximum Gasteiger partial charge on any atom is 0.129 e. The summed E-state index contributed by atoms with van der Waals surface area (Å²) in [7, 11) is 0. The number of fused-ring (bicyclic) bond motifs is 1. The third-order valence-electron chi connectivity index (χ3n) is 1.81. The van der Waals surface area contributed by atoms with E-state index in [4.69, 9.17) is 16.9 Å². The Morgan fingerprint density at radius 3 is 2.85 bits per heavy atom. The number of hydrogen-bond donors (Lipinski definition) is 0. The summed E-state index contributed by atoms with van der Waals surface area (Å²) in [6.45, 7) is 0. The lowest BCUT2D eigenvalue weighted by Crippen LogP contribution is -1.83.